The third-order valence-electron chi connectivity index (χ3n) is 6.45. The molecule has 0 fully saturated rings. The molecule has 0 amide bonds. The quantitative estimate of drug-likeness (QED) is 0.129. The molecular weight excluding hydrogens is 486 g/mol. The number of rotatable bonds is 13. The molecule has 0 N–H and O–H groups in total. The SMILES string of the molecule is C/C=C/C(=O)OCCCc1ccc(N(c2ccc(CCCOC(=O)/C=C/C)cc2)c2ccc(C)c(C)c2)cc1. The average Bonchev–Trinajstić information content (AvgIpc) is 2.93. The fourth-order valence-corrected chi connectivity index (χ4v) is 4.20. The lowest BCUT2D eigenvalue weighted by Gasteiger charge is -2.26. The molecule has 3 rings (SSSR count). The Morgan fingerprint density at radius 1 is 0.641 bits per heavy atom. The standard InChI is InChI=1S/C34H39NO4/c1-5-9-33(36)38-23-7-11-28-14-19-30(20-15-28)35(32-18-13-26(3)27(4)25-32)31-21-16-29(17-22-31)12-8-24-39-34(37)10-6-2/h5-6,9-10,13-22,25H,7-8,11-12,23-24H2,1-4H3/b9-5+,10-6+. The van der Waals surface area contributed by atoms with Crippen molar-refractivity contribution in [3.63, 3.8) is 0 Å². The van der Waals surface area contributed by atoms with E-state index < -0.39 is 0 Å². The third-order valence-corrected chi connectivity index (χ3v) is 6.45. The Kier molecular flexibility index (Phi) is 11.6. The van der Waals surface area contributed by atoms with E-state index in [0.29, 0.717) is 13.2 Å². The van der Waals surface area contributed by atoms with Crippen LogP contribution in [0.1, 0.15) is 48.9 Å². The zero-order valence-corrected chi connectivity index (χ0v) is 23.5. The second-order valence-electron chi connectivity index (χ2n) is 9.48. The molecule has 204 valence electrons. The van der Waals surface area contributed by atoms with Crippen LogP contribution in [-0.2, 0) is 31.9 Å². The van der Waals surface area contributed by atoms with Crippen molar-refractivity contribution in [3.8, 4) is 0 Å². The molecule has 5 nitrogen and oxygen atoms in total. The fraction of sp³-hybridized carbons (Fsp3) is 0.294. The van der Waals surface area contributed by atoms with Crippen molar-refractivity contribution < 1.29 is 19.1 Å². The number of anilines is 3. The summed E-state index contributed by atoms with van der Waals surface area (Å²) in [6.45, 7) is 8.67. The largest absolute Gasteiger partial charge is 0.463 e. The van der Waals surface area contributed by atoms with Gasteiger partial charge >= 0.3 is 11.9 Å². The Balaban J connectivity index is 1.72. The van der Waals surface area contributed by atoms with E-state index in [1.54, 1.807) is 26.0 Å². The predicted molar refractivity (Wildman–Crippen MR) is 159 cm³/mol. The number of hydrogen-bond donors (Lipinski definition) is 0. The van der Waals surface area contributed by atoms with Crippen molar-refractivity contribution in [2.75, 3.05) is 18.1 Å². The Bertz CT molecular complexity index is 1200. The summed E-state index contributed by atoms with van der Waals surface area (Å²) in [7, 11) is 0. The molecule has 5 heteroatoms. The van der Waals surface area contributed by atoms with E-state index in [1.807, 2.05) is 0 Å². The van der Waals surface area contributed by atoms with Crippen LogP contribution < -0.4 is 4.90 Å². The van der Waals surface area contributed by atoms with Gasteiger partial charge in [-0.05, 0) is 112 Å². The van der Waals surface area contributed by atoms with Crippen molar-refractivity contribution in [1.82, 2.24) is 0 Å². The lowest BCUT2D eigenvalue weighted by atomic mass is 10.1. The van der Waals surface area contributed by atoms with Gasteiger partial charge in [-0.15, -0.1) is 0 Å². The van der Waals surface area contributed by atoms with Gasteiger partial charge in [-0.2, -0.15) is 0 Å². The molecule has 0 spiro atoms. The number of carbonyl (C=O) groups is 2. The number of esters is 2. The fourth-order valence-electron chi connectivity index (χ4n) is 4.20. The van der Waals surface area contributed by atoms with E-state index in [-0.39, 0.29) is 11.9 Å². The van der Waals surface area contributed by atoms with Crippen LogP contribution >= 0.6 is 0 Å². The summed E-state index contributed by atoms with van der Waals surface area (Å²) in [5.41, 5.74) is 8.15. The van der Waals surface area contributed by atoms with Gasteiger partial charge in [-0.3, -0.25) is 0 Å². The number of benzene rings is 3. The monoisotopic (exact) mass is 525 g/mol. The third kappa shape index (κ3) is 9.29. The number of allylic oxidation sites excluding steroid dienone is 2. The van der Waals surface area contributed by atoms with Crippen LogP contribution in [0.15, 0.2) is 91.0 Å². The first-order valence-corrected chi connectivity index (χ1v) is 13.6. The molecule has 0 aromatic heterocycles. The second-order valence-corrected chi connectivity index (χ2v) is 9.48. The molecule has 0 heterocycles. The summed E-state index contributed by atoms with van der Waals surface area (Å²) < 4.78 is 10.4. The maximum Gasteiger partial charge on any atom is 0.330 e. The van der Waals surface area contributed by atoms with Crippen LogP contribution in [0, 0.1) is 13.8 Å². The number of nitrogens with zero attached hydrogens (tertiary/aromatic N) is 1. The molecule has 0 unspecified atom stereocenters. The van der Waals surface area contributed by atoms with E-state index in [4.69, 9.17) is 9.47 Å². The smallest absolute Gasteiger partial charge is 0.330 e. The van der Waals surface area contributed by atoms with Crippen LogP contribution in [0.3, 0.4) is 0 Å². The van der Waals surface area contributed by atoms with Crippen molar-refractivity contribution in [1.29, 1.82) is 0 Å². The summed E-state index contributed by atoms with van der Waals surface area (Å²) in [6.07, 6.45) is 9.47. The number of hydrogen-bond acceptors (Lipinski definition) is 5. The first kappa shape index (κ1) is 29.4. The number of aryl methyl sites for hydroxylation is 4. The summed E-state index contributed by atoms with van der Waals surface area (Å²) >= 11 is 0. The van der Waals surface area contributed by atoms with E-state index in [1.165, 1.54) is 34.4 Å². The second kappa shape index (κ2) is 15.3. The Hall–Kier alpha value is -4.12. The van der Waals surface area contributed by atoms with Crippen LogP contribution in [0.2, 0.25) is 0 Å². The van der Waals surface area contributed by atoms with Gasteiger partial charge in [0, 0.05) is 29.2 Å². The Morgan fingerprint density at radius 3 is 1.49 bits per heavy atom. The van der Waals surface area contributed by atoms with Crippen LogP contribution in [0.5, 0.6) is 0 Å². The maximum atomic E-state index is 11.5. The minimum atomic E-state index is -0.296. The molecule has 39 heavy (non-hydrogen) atoms. The van der Waals surface area contributed by atoms with E-state index >= 15 is 0 Å². The van der Waals surface area contributed by atoms with Crippen molar-refractivity contribution >= 4 is 29.0 Å². The highest BCUT2D eigenvalue weighted by Crippen LogP contribution is 2.35. The zero-order chi connectivity index (χ0) is 28.0. The lowest BCUT2D eigenvalue weighted by Crippen LogP contribution is -2.10. The highest BCUT2D eigenvalue weighted by Gasteiger charge is 2.13. The van der Waals surface area contributed by atoms with Gasteiger partial charge in [0.05, 0.1) is 13.2 Å². The van der Waals surface area contributed by atoms with Gasteiger partial charge in [0.1, 0.15) is 0 Å². The average molecular weight is 526 g/mol. The van der Waals surface area contributed by atoms with Crippen LogP contribution in [0.25, 0.3) is 0 Å². The van der Waals surface area contributed by atoms with Gasteiger partial charge in [0.25, 0.3) is 0 Å². The summed E-state index contributed by atoms with van der Waals surface area (Å²) in [5.74, 6) is -0.591. The minimum absolute atomic E-state index is 0.296. The van der Waals surface area contributed by atoms with Crippen molar-refractivity contribution in [2.24, 2.45) is 0 Å². The van der Waals surface area contributed by atoms with Crippen LogP contribution in [0.4, 0.5) is 17.1 Å². The molecule has 0 saturated carbocycles. The van der Waals surface area contributed by atoms with Gasteiger partial charge in [0.2, 0.25) is 0 Å². The van der Waals surface area contributed by atoms with Crippen LogP contribution in [-0.4, -0.2) is 25.2 Å². The Morgan fingerprint density at radius 2 is 1.08 bits per heavy atom. The summed E-state index contributed by atoms with van der Waals surface area (Å²) in [5, 5.41) is 0. The van der Waals surface area contributed by atoms with Gasteiger partial charge in [-0.1, -0.05) is 42.5 Å². The Labute approximate surface area is 232 Å². The molecule has 0 aliphatic rings. The van der Waals surface area contributed by atoms with Gasteiger partial charge in [-0.25, -0.2) is 9.59 Å². The molecule has 0 radical (unpaired) electrons. The topological polar surface area (TPSA) is 55.8 Å². The molecule has 3 aromatic carbocycles. The summed E-state index contributed by atoms with van der Waals surface area (Å²) in [6, 6.07) is 23.7. The molecule has 0 bridgehead atoms. The van der Waals surface area contributed by atoms with Crippen molar-refractivity contribution in [3.05, 3.63) is 113 Å². The molecule has 3 aromatic rings. The normalized spacial score (nSPS) is 11.2. The van der Waals surface area contributed by atoms with E-state index in [2.05, 4.69) is 85.5 Å². The predicted octanol–water partition coefficient (Wildman–Crippen LogP) is 7.88. The molecule has 0 aliphatic heterocycles. The maximum absolute atomic E-state index is 11.5. The molecule has 0 aliphatic carbocycles. The zero-order valence-electron chi connectivity index (χ0n) is 23.5. The molecule has 0 saturated heterocycles. The first-order valence-electron chi connectivity index (χ1n) is 13.6. The molecule has 0 atom stereocenters. The molecular formula is C34H39NO4. The highest BCUT2D eigenvalue weighted by atomic mass is 16.5. The van der Waals surface area contributed by atoms with Gasteiger partial charge in [0.15, 0.2) is 0 Å². The van der Waals surface area contributed by atoms with E-state index in [9.17, 15) is 9.59 Å². The van der Waals surface area contributed by atoms with Crippen molar-refractivity contribution in [2.45, 2.75) is 53.4 Å². The lowest BCUT2D eigenvalue weighted by molar-refractivity contribution is -0.138. The number of ether oxygens (including phenoxy) is 2. The minimum Gasteiger partial charge on any atom is -0.463 e. The van der Waals surface area contributed by atoms with Gasteiger partial charge < -0.3 is 14.4 Å². The summed E-state index contributed by atoms with van der Waals surface area (Å²) in [4.78, 5) is 25.2. The highest BCUT2D eigenvalue weighted by molar-refractivity contribution is 5.82. The number of carbonyl (C=O) groups excluding carboxylic acids is 2. The van der Waals surface area contributed by atoms with E-state index in [0.717, 1.165) is 42.7 Å². The first-order chi connectivity index (χ1) is 18.9.